The first-order chi connectivity index (χ1) is 15.8. The van der Waals surface area contributed by atoms with Crippen molar-refractivity contribution >= 4 is 33.4 Å². The highest BCUT2D eigenvalue weighted by Gasteiger charge is 2.09. The van der Waals surface area contributed by atoms with Crippen LogP contribution in [0.1, 0.15) is 11.1 Å². The number of fused-ring (bicyclic) bond motifs is 2. The molecule has 0 aliphatic heterocycles. The number of aliphatic imine (C=N–C) groups is 1. The van der Waals surface area contributed by atoms with Gasteiger partial charge in [0.05, 0.1) is 12.8 Å². The van der Waals surface area contributed by atoms with Gasteiger partial charge in [0.15, 0.2) is 0 Å². The molecular weight excluding hydrogens is 394 g/mol. The molecule has 5 aromatic carbocycles. The van der Waals surface area contributed by atoms with Crippen LogP contribution in [-0.2, 0) is 6.61 Å². The maximum atomic E-state index is 6.35. The Kier molecular flexibility index (Phi) is 5.54. The van der Waals surface area contributed by atoms with Gasteiger partial charge in [-0.25, -0.2) is 0 Å². The fraction of sp³-hybridized carbons (Fsp3) is 0.0690. The van der Waals surface area contributed by atoms with E-state index in [0.29, 0.717) is 6.61 Å². The van der Waals surface area contributed by atoms with Crippen molar-refractivity contribution in [2.24, 2.45) is 4.99 Å². The van der Waals surface area contributed by atoms with Crippen LogP contribution in [0.3, 0.4) is 0 Å². The molecule has 0 spiro atoms. The van der Waals surface area contributed by atoms with Gasteiger partial charge in [0.1, 0.15) is 18.1 Å². The summed E-state index contributed by atoms with van der Waals surface area (Å²) in [6.07, 6.45) is 1.89. The predicted octanol–water partition coefficient (Wildman–Crippen LogP) is 7.33. The molecule has 0 aliphatic rings. The second-order valence-electron chi connectivity index (χ2n) is 7.58. The average molecular weight is 418 g/mol. The Bertz CT molecular complexity index is 1400. The van der Waals surface area contributed by atoms with Gasteiger partial charge in [-0.2, -0.15) is 0 Å². The number of hydrogen-bond donors (Lipinski definition) is 0. The standard InChI is InChI=1S/C29H23NO2/c1-31-25-16-14-24(15-17-25)30-19-28-27-12-5-3-8-22(27)13-18-29(28)32-20-23-10-6-9-21-7-2-4-11-26(21)23/h2-19H,20H2,1H3. The monoisotopic (exact) mass is 417 g/mol. The minimum atomic E-state index is 0.489. The maximum absolute atomic E-state index is 6.35. The fourth-order valence-electron chi connectivity index (χ4n) is 3.92. The van der Waals surface area contributed by atoms with Crippen LogP contribution in [0, 0.1) is 0 Å². The number of benzene rings is 5. The zero-order valence-corrected chi connectivity index (χ0v) is 17.9. The van der Waals surface area contributed by atoms with Gasteiger partial charge in [-0.3, -0.25) is 4.99 Å². The van der Waals surface area contributed by atoms with Crippen LogP contribution in [0.15, 0.2) is 108 Å². The molecule has 156 valence electrons. The summed E-state index contributed by atoms with van der Waals surface area (Å²) in [6.45, 7) is 0.489. The summed E-state index contributed by atoms with van der Waals surface area (Å²) >= 11 is 0. The maximum Gasteiger partial charge on any atom is 0.129 e. The number of methoxy groups -OCH3 is 1. The SMILES string of the molecule is COc1ccc(N=Cc2c(OCc3cccc4ccccc34)ccc3ccccc23)cc1. The highest BCUT2D eigenvalue weighted by molar-refractivity contribution is 6.03. The van der Waals surface area contributed by atoms with Crippen molar-refractivity contribution in [1.82, 2.24) is 0 Å². The zero-order valence-electron chi connectivity index (χ0n) is 17.9. The Morgan fingerprint density at radius 1 is 0.688 bits per heavy atom. The van der Waals surface area contributed by atoms with E-state index in [1.54, 1.807) is 7.11 Å². The first kappa shape index (κ1) is 19.8. The molecule has 0 saturated carbocycles. The van der Waals surface area contributed by atoms with Gasteiger partial charge in [-0.1, -0.05) is 72.8 Å². The molecule has 0 heterocycles. The van der Waals surface area contributed by atoms with Gasteiger partial charge in [0.2, 0.25) is 0 Å². The molecule has 3 heteroatoms. The van der Waals surface area contributed by atoms with Gasteiger partial charge in [-0.15, -0.1) is 0 Å². The minimum absolute atomic E-state index is 0.489. The molecule has 0 bridgehead atoms. The molecule has 0 atom stereocenters. The van der Waals surface area contributed by atoms with Crippen molar-refractivity contribution in [2.75, 3.05) is 7.11 Å². The van der Waals surface area contributed by atoms with E-state index in [2.05, 4.69) is 60.7 Å². The Balaban J connectivity index is 1.50. The van der Waals surface area contributed by atoms with Crippen LogP contribution in [0.25, 0.3) is 21.5 Å². The normalized spacial score (nSPS) is 11.3. The van der Waals surface area contributed by atoms with Crippen LogP contribution in [0.5, 0.6) is 11.5 Å². The summed E-state index contributed by atoms with van der Waals surface area (Å²) in [4.78, 5) is 4.71. The largest absolute Gasteiger partial charge is 0.497 e. The molecular formula is C29H23NO2. The van der Waals surface area contributed by atoms with Gasteiger partial charge >= 0.3 is 0 Å². The van der Waals surface area contributed by atoms with E-state index in [0.717, 1.165) is 39.1 Å². The van der Waals surface area contributed by atoms with Gasteiger partial charge in [0, 0.05) is 11.8 Å². The lowest BCUT2D eigenvalue weighted by Gasteiger charge is -2.13. The van der Waals surface area contributed by atoms with Crippen LogP contribution in [0.2, 0.25) is 0 Å². The third kappa shape index (κ3) is 4.06. The van der Waals surface area contributed by atoms with E-state index >= 15 is 0 Å². The number of ether oxygens (including phenoxy) is 2. The molecule has 5 aromatic rings. The van der Waals surface area contributed by atoms with E-state index in [1.807, 2.05) is 48.7 Å². The molecule has 3 nitrogen and oxygen atoms in total. The van der Waals surface area contributed by atoms with Crippen molar-refractivity contribution in [3.63, 3.8) is 0 Å². The molecule has 0 unspecified atom stereocenters. The van der Waals surface area contributed by atoms with Gasteiger partial charge in [-0.05, 0) is 57.4 Å². The molecule has 32 heavy (non-hydrogen) atoms. The van der Waals surface area contributed by atoms with Crippen molar-refractivity contribution in [1.29, 1.82) is 0 Å². The Morgan fingerprint density at radius 3 is 2.16 bits per heavy atom. The third-order valence-corrected chi connectivity index (χ3v) is 5.61. The van der Waals surface area contributed by atoms with Crippen molar-refractivity contribution in [3.05, 3.63) is 114 Å². The van der Waals surface area contributed by atoms with Crippen LogP contribution in [0.4, 0.5) is 5.69 Å². The summed E-state index contributed by atoms with van der Waals surface area (Å²) < 4.78 is 11.6. The molecule has 0 aromatic heterocycles. The molecule has 0 saturated heterocycles. The van der Waals surface area contributed by atoms with Crippen LogP contribution >= 0.6 is 0 Å². The smallest absolute Gasteiger partial charge is 0.129 e. The molecule has 0 N–H and O–H groups in total. The summed E-state index contributed by atoms with van der Waals surface area (Å²) in [5.74, 6) is 1.63. The third-order valence-electron chi connectivity index (χ3n) is 5.61. The average Bonchev–Trinajstić information content (AvgIpc) is 2.86. The van der Waals surface area contributed by atoms with Crippen molar-refractivity contribution in [3.8, 4) is 11.5 Å². The quantitative estimate of drug-likeness (QED) is 0.271. The van der Waals surface area contributed by atoms with Crippen molar-refractivity contribution in [2.45, 2.75) is 6.61 Å². The van der Waals surface area contributed by atoms with E-state index < -0.39 is 0 Å². The molecule has 0 aliphatic carbocycles. The predicted molar refractivity (Wildman–Crippen MR) is 132 cm³/mol. The van der Waals surface area contributed by atoms with E-state index in [1.165, 1.54) is 10.8 Å². The van der Waals surface area contributed by atoms with Crippen LogP contribution in [-0.4, -0.2) is 13.3 Å². The number of hydrogen-bond acceptors (Lipinski definition) is 3. The fourth-order valence-corrected chi connectivity index (χ4v) is 3.92. The Hall–Kier alpha value is -4.11. The van der Waals surface area contributed by atoms with Gasteiger partial charge in [0.25, 0.3) is 0 Å². The molecule has 0 fully saturated rings. The topological polar surface area (TPSA) is 30.8 Å². The van der Waals surface area contributed by atoms with Crippen LogP contribution < -0.4 is 9.47 Å². The number of rotatable bonds is 6. The Labute approximate surface area is 187 Å². The summed E-state index contributed by atoms with van der Waals surface area (Å²) in [5, 5.41) is 4.69. The first-order valence-electron chi connectivity index (χ1n) is 10.6. The summed E-state index contributed by atoms with van der Waals surface area (Å²) in [6, 6.07) is 34.8. The molecule has 5 rings (SSSR count). The van der Waals surface area contributed by atoms with E-state index in [-0.39, 0.29) is 0 Å². The molecule has 0 amide bonds. The summed E-state index contributed by atoms with van der Waals surface area (Å²) in [5.41, 5.74) is 2.99. The van der Waals surface area contributed by atoms with Gasteiger partial charge < -0.3 is 9.47 Å². The highest BCUT2D eigenvalue weighted by atomic mass is 16.5. The lowest BCUT2D eigenvalue weighted by Crippen LogP contribution is -2.00. The molecule has 0 radical (unpaired) electrons. The van der Waals surface area contributed by atoms with E-state index in [9.17, 15) is 0 Å². The summed E-state index contributed by atoms with van der Waals surface area (Å²) in [7, 11) is 1.66. The first-order valence-corrected chi connectivity index (χ1v) is 10.6. The van der Waals surface area contributed by atoms with Crippen molar-refractivity contribution < 1.29 is 9.47 Å². The lowest BCUT2D eigenvalue weighted by atomic mass is 10.0. The zero-order chi connectivity index (χ0) is 21.8. The second kappa shape index (κ2) is 8.94. The lowest BCUT2D eigenvalue weighted by molar-refractivity contribution is 0.307. The highest BCUT2D eigenvalue weighted by Crippen LogP contribution is 2.29. The number of nitrogens with zero attached hydrogens (tertiary/aromatic N) is 1. The second-order valence-corrected chi connectivity index (χ2v) is 7.58. The van der Waals surface area contributed by atoms with E-state index in [4.69, 9.17) is 14.5 Å². The minimum Gasteiger partial charge on any atom is -0.497 e. The Morgan fingerprint density at radius 2 is 1.38 bits per heavy atom.